The molecule has 22 heavy (non-hydrogen) atoms. The van der Waals surface area contributed by atoms with Crippen molar-refractivity contribution in [3.05, 3.63) is 48.5 Å². The molecule has 1 atom stereocenters. The van der Waals surface area contributed by atoms with Crippen molar-refractivity contribution < 1.29 is 4.74 Å². The second-order valence-electron chi connectivity index (χ2n) is 6.10. The fourth-order valence-electron chi connectivity index (χ4n) is 3.49. The summed E-state index contributed by atoms with van der Waals surface area (Å²) in [5.74, 6) is 1.28. The minimum Gasteiger partial charge on any atom is -0.497 e. The largest absolute Gasteiger partial charge is 0.497 e. The zero-order chi connectivity index (χ0) is 15.5. The Morgan fingerprint density at radius 1 is 1.18 bits per heavy atom. The maximum absolute atomic E-state index is 9.57. The normalized spacial score (nSPS) is 16.4. The van der Waals surface area contributed by atoms with E-state index in [1.165, 1.54) is 12.8 Å². The lowest BCUT2D eigenvalue weighted by atomic mass is 9.83. The van der Waals surface area contributed by atoms with E-state index in [9.17, 15) is 5.26 Å². The predicted molar refractivity (Wildman–Crippen MR) is 90.6 cm³/mol. The number of rotatable bonds is 4. The molecular formula is C20H21NO. The quantitative estimate of drug-likeness (QED) is 0.776. The first-order valence-electron chi connectivity index (χ1n) is 7.89. The average Bonchev–Trinajstić information content (AvgIpc) is 3.08. The Labute approximate surface area is 132 Å². The lowest BCUT2D eigenvalue weighted by Crippen LogP contribution is -2.11. The van der Waals surface area contributed by atoms with E-state index in [0.29, 0.717) is 5.92 Å². The molecule has 0 aliphatic heterocycles. The molecule has 2 heteroatoms. The maximum Gasteiger partial charge on any atom is 0.119 e. The third-order valence-electron chi connectivity index (χ3n) is 4.80. The van der Waals surface area contributed by atoms with Gasteiger partial charge in [0, 0.05) is 0 Å². The first kappa shape index (κ1) is 14.7. The SMILES string of the molecule is C=C(c1ccc2cc(OC)ccc2c1)[C@H](C#N)C1CCCC1. The van der Waals surface area contributed by atoms with Crippen LogP contribution in [0.2, 0.25) is 0 Å². The lowest BCUT2D eigenvalue weighted by molar-refractivity contribution is 0.415. The second kappa shape index (κ2) is 6.23. The fourth-order valence-corrected chi connectivity index (χ4v) is 3.49. The summed E-state index contributed by atoms with van der Waals surface area (Å²) in [7, 11) is 1.68. The van der Waals surface area contributed by atoms with Gasteiger partial charge in [0.2, 0.25) is 0 Å². The van der Waals surface area contributed by atoms with Gasteiger partial charge in [0.1, 0.15) is 5.75 Å². The summed E-state index contributed by atoms with van der Waals surface area (Å²) < 4.78 is 5.26. The number of nitrogens with zero attached hydrogens (tertiary/aromatic N) is 1. The van der Waals surface area contributed by atoms with Crippen LogP contribution in [0.25, 0.3) is 16.3 Å². The number of ether oxygens (including phenoxy) is 1. The summed E-state index contributed by atoms with van der Waals surface area (Å²) in [6.07, 6.45) is 4.80. The van der Waals surface area contributed by atoms with Gasteiger partial charge in [0.15, 0.2) is 0 Å². The van der Waals surface area contributed by atoms with E-state index < -0.39 is 0 Å². The van der Waals surface area contributed by atoms with Crippen LogP contribution >= 0.6 is 0 Å². The van der Waals surface area contributed by atoms with Crippen molar-refractivity contribution in [3.63, 3.8) is 0 Å². The zero-order valence-electron chi connectivity index (χ0n) is 13.0. The number of methoxy groups -OCH3 is 1. The Bertz CT molecular complexity index is 735. The molecule has 0 spiro atoms. The molecule has 0 radical (unpaired) electrons. The summed E-state index contributed by atoms with van der Waals surface area (Å²) in [4.78, 5) is 0. The number of fused-ring (bicyclic) bond motifs is 1. The van der Waals surface area contributed by atoms with Gasteiger partial charge in [-0.25, -0.2) is 0 Å². The highest BCUT2D eigenvalue weighted by atomic mass is 16.5. The van der Waals surface area contributed by atoms with E-state index in [1.807, 2.05) is 12.1 Å². The van der Waals surface area contributed by atoms with Gasteiger partial charge < -0.3 is 4.74 Å². The topological polar surface area (TPSA) is 33.0 Å². The molecule has 1 aliphatic carbocycles. The molecule has 0 amide bonds. The number of allylic oxidation sites excluding steroid dienone is 1. The number of hydrogen-bond acceptors (Lipinski definition) is 2. The Hall–Kier alpha value is -2.27. The van der Waals surface area contributed by atoms with Gasteiger partial charge in [-0.15, -0.1) is 0 Å². The van der Waals surface area contributed by atoms with E-state index in [1.54, 1.807) is 7.11 Å². The van der Waals surface area contributed by atoms with Crippen molar-refractivity contribution in [2.75, 3.05) is 7.11 Å². The molecule has 0 heterocycles. The van der Waals surface area contributed by atoms with Gasteiger partial charge in [-0.3, -0.25) is 0 Å². The summed E-state index contributed by atoms with van der Waals surface area (Å²) in [6, 6.07) is 14.8. The minimum atomic E-state index is -0.0572. The molecule has 1 fully saturated rings. The molecule has 0 N–H and O–H groups in total. The summed E-state index contributed by atoms with van der Waals surface area (Å²) in [5.41, 5.74) is 2.04. The highest BCUT2D eigenvalue weighted by Crippen LogP contribution is 2.38. The van der Waals surface area contributed by atoms with Gasteiger partial charge in [-0.2, -0.15) is 5.26 Å². The Kier molecular flexibility index (Phi) is 4.15. The van der Waals surface area contributed by atoms with Gasteiger partial charge in [-0.05, 0) is 58.9 Å². The first-order valence-corrected chi connectivity index (χ1v) is 7.89. The van der Waals surface area contributed by atoms with Gasteiger partial charge in [0.05, 0.1) is 19.1 Å². The van der Waals surface area contributed by atoms with Gasteiger partial charge >= 0.3 is 0 Å². The van der Waals surface area contributed by atoms with Crippen molar-refractivity contribution in [1.29, 1.82) is 5.26 Å². The molecule has 0 saturated heterocycles. The summed E-state index contributed by atoms with van der Waals surface area (Å²) in [6.45, 7) is 4.23. The van der Waals surface area contributed by atoms with Crippen molar-refractivity contribution in [2.45, 2.75) is 25.7 Å². The number of benzene rings is 2. The molecule has 0 bridgehead atoms. The molecule has 0 aromatic heterocycles. The summed E-state index contributed by atoms with van der Waals surface area (Å²) in [5, 5.41) is 11.9. The van der Waals surface area contributed by atoms with E-state index in [2.05, 4.69) is 36.9 Å². The van der Waals surface area contributed by atoms with E-state index in [4.69, 9.17) is 4.74 Å². The van der Waals surface area contributed by atoms with Crippen LogP contribution in [0.3, 0.4) is 0 Å². The molecule has 3 rings (SSSR count). The summed E-state index contributed by atoms with van der Waals surface area (Å²) >= 11 is 0. The molecule has 1 aliphatic rings. The molecule has 1 saturated carbocycles. The first-order chi connectivity index (χ1) is 10.7. The maximum atomic E-state index is 9.57. The van der Waals surface area contributed by atoms with Crippen LogP contribution < -0.4 is 4.74 Å². The van der Waals surface area contributed by atoms with Crippen molar-refractivity contribution >= 4 is 16.3 Å². The van der Waals surface area contributed by atoms with Gasteiger partial charge in [-0.1, -0.05) is 37.6 Å². The van der Waals surface area contributed by atoms with Crippen molar-refractivity contribution in [3.8, 4) is 11.8 Å². The van der Waals surface area contributed by atoms with Crippen LogP contribution in [-0.4, -0.2) is 7.11 Å². The third-order valence-corrected chi connectivity index (χ3v) is 4.80. The third kappa shape index (κ3) is 2.72. The standard InChI is InChI=1S/C20H21NO/c1-14(20(13-21)15-5-3-4-6-15)16-7-8-18-12-19(22-2)10-9-17(18)11-16/h7-12,15,20H,1,3-6H2,2H3/t20-/m0/s1. The van der Waals surface area contributed by atoms with Crippen LogP contribution in [0.1, 0.15) is 31.2 Å². The van der Waals surface area contributed by atoms with Crippen LogP contribution in [-0.2, 0) is 0 Å². The molecular weight excluding hydrogens is 270 g/mol. The van der Waals surface area contributed by atoms with Crippen LogP contribution in [0.5, 0.6) is 5.75 Å². The highest BCUT2D eigenvalue weighted by Gasteiger charge is 2.27. The number of hydrogen-bond donors (Lipinski definition) is 0. The monoisotopic (exact) mass is 291 g/mol. The van der Waals surface area contributed by atoms with E-state index in [0.717, 1.165) is 40.5 Å². The number of nitriles is 1. The van der Waals surface area contributed by atoms with Crippen LogP contribution in [0.4, 0.5) is 0 Å². The molecule has 2 aromatic rings. The van der Waals surface area contributed by atoms with E-state index in [-0.39, 0.29) is 5.92 Å². The molecule has 0 unspecified atom stereocenters. The smallest absolute Gasteiger partial charge is 0.119 e. The molecule has 2 aromatic carbocycles. The second-order valence-corrected chi connectivity index (χ2v) is 6.10. The molecule has 2 nitrogen and oxygen atoms in total. The van der Waals surface area contributed by atoms with Crippen molar-refractivity contribution in [2.24, 2.45) is 11.8 Å². The average molecular weight is 291 g/mol. The van der Waals surface area contributed by atoms with Crippen LogP contribution in [0.15, 0.2) is 43.0 Å². The Balaban J connectivity index is 1.91. The Morgan fingerprint density at radius 3 is 2.55 bits per heavy atom. The van der Waals surface area contributed by atoms with Crippen molar-refractivity contribution in [1.82, 2.24) is 0 Å². The predicted octanol–water partition coefficient (Wildman–Crippen LogP) is 5.19. The lowest BCUT2D eigenvalue weighted by Gasteiger charge is -2.19. The fraction of sp³-hybridized carbons (Fsp3) is 0.350. The van der Waals surface area contributed by atoms with Crippen LogP contribution in [0, 0.1) is 23.2 Å². The minimum absolute atomic E-state index is 0.0572. The Morgan fingerprint density at radius 2 is 1.86 bits per heavy atom. The zero-order valence-corrected chi connectivity index (χ0v) is 13.0. The van der Waals surface area contributed by atoms with E-state index >= 15 is 0 Å². The van der Waals surface area contributed by atoms with Gasteiger partial charge in [0.25, 0.3) is 0 Å². The highest BCUT2D eigenvalue weighted by molar-refractivity contribution is 5.87. The molecule has 112 valence electrons.